The molecule has 9 aromatic heterocycles. The fraction of sp³-hybridized carbons (Fsp3) is 0. The van der Waals surface area contributed by atoms with E-state index in [9.17, 15) is 0 Å². The molecule has 0 bridgehead atoms. The Kier molecular flexibility index (Phi) is 18.2. The third-order valence-corrected chi connectivity index (χ3v) is 27.2. The number of hydrogen-bond donors (Lipinski definition) is 0. The average Bonchev–Trinajstić information content (AvgIpc) is 1.55. The summed E-state index contributed by atoms with van der Waals surface area (Å²) < 4.78 is 16.7. The lowest BCUT2D eigenvalue weighted by Crippen LogP contribution is -2.07. The third kappa shape index (κ3) is 12.7. The summed E-state index contributed by atoms with van der Waals surface area (Å²) in [4.78, 5) is 30.9. The van der Waals surface area contributed by atoms with E-state index in [1.165, 1.54) is 102 Å². The van der Waals surface area contributed by atoms with Crippen molar-refractivity contribution in [3.05, 3.63) is 461 Å². The Morgan fingerprint density at radius 1 is 0.143 bits per heavy atom. The highest BCUT2D eigenvalue weighted by atomic mass is 32.1. The molecule has 0 saturated heterocycles. The molecule has 28 rings (SSSR count). The molecular formula is C120H76N12S. The molecule has 0 radical (unpaired) electrons. The van der Waals surface area contributed by atoms with Crippen molar-refractivity contribution in [1.29, 1.82) is 0 Å². The number of benzene rings is 19. The van der Waals surface area contributed by atoms with Crippen LogP contribution >= 0.6 is 11.3 Å². The van der Waals surface area contributed by atoms with Crippen LogP contribution in [0.25, 0.3) is 242 Å². The Morgan fingerprint density at radius 3 is 0.662 bits per heavy atom. The van der Waals surface area contributed by atoms with Gasteiger partial charge in [0.1, 0.15) is 0 Å². The zero-order valence-electron chi connectivity index (χ0n) is 71.7. The number of thiophene rings is 1. The van der Waals surface area contributed by atoms with Gasteiger partial charge in [-0.3, -0.25) is 9.13 Å². The summed E-state index contributed by atoms with van der Waals surface area (Å²) in [6.07, 6.45) is 0. The minimum atomic E-state index is 0.574. The molecule has 0 saturated carbocycles. The molecule has 622 valence electrons. The summed E-state index contributed by atoms with van der Waals surface area (Å²) in [5.74, 6) is 3.67. The highest BCUT2D eigenvalue weighted by molar-refractivity contribution is 7.25. The van der Waals surface area contributed by atoms with Gasteiger partial charge in [-0.1, -0.05) is 352 Å². The van der Waals surface area contributed by atoms with Crippen molar-refractivity contribution in [2.45, 2.75) is 0 Å². The molecule has 0 N–H and O–H groups in total. The van der Waals surface area contributed by atoms with Crippen LogP contribution in [0.1, 0.15) is 0 Å². The Bertz CT molecular complexity index is 9110. The first-order valence-corrected chi connectivity index (χ1v) is 45.6. The van der Waals surface area contributed by atoms with Crippen LogP contribution in [-0.4, -0.2) is 57.3 Å². The molecule has 0 spiro atoms. The monoisotopic (exact) mass is 1720 g/mol. The van der Waals surface area contributed by atoms with E-state index in [4.69, 9.17) is 29.9 Å². The van der Waals surface area contributed by atoms with Gasteiger partial charge in [0, 0.05) is 130 Å². The molecule has 13 heteroatoms. The quantitative estimate of drug-likeness (QED) is 0.128. The van der Waals surface area contributed by atoms with Crippen LogP contribution < -0.4 is 0 Å². The molecule has 0 aliphatic heterocycles. The molecular weight excluding hydrogens is 1640 g/mol. The van der Waals surface area contributed by atoms with E-state index in [2.05, 4.69) is 404 Å². The third-order valence-electron chi connectivity index (χ3n) is 26.1. The van der Waals surface area contributed by atoms with Gasteiger partial charge in [-0.05, 0) is 120 Å². The molecule has 28 aromatic rings. The maximum absolute atomic E-state index is 5.27. The second-order valence-electron chi connectivity index (χ2n) is 33.6. The Labute approximate surface area is 766 Å². The van der Waals surface area contributed by atoms with E-state index in [1.54, 1.807) is 0 Å². The van der Waals surface area contributed by atoms with Crippen LogP contribution in [0.3, 0.4) is 0 Å². The highest BCUT2D eigenvalue weighted by Crippen LogP contribution is 2.47. The van der Waals surface area contributed by atoms with Crippen molar-refractivity contribution in [3.8, 4) is 91.3 Å². The number of rotatable bonds is 11. The normalized spacial score (nSPS) is 11.8. The van der Waals surface area contributed by atoms with E-state index in [-0.39, 0.29) is 0 Å². The van der Waals surface area contributed by atoms with E-state index in [0.717, 1.165) is 105 Å². The lowest BCUT2D eigenvalue weighted by atomic mass is 10.0. The molecule has 0 aliphatic rings. The molecule has 12 nitrogen and oxygen atoms in total. The van der Waals surface area contributed by atoms with Crippen LogP contribution in [0.5, 0.6) is 0 Å². The summed E-state index contributed by atoms with van der Waals surface area (Å²) in [5, 5.41) is 17.1. The zero-order valence-corrected chi connectivity index (χ0v) is 72.5. The Hall–Kier alpha value is -17.8. The van der Waals surface area contributed by atoms with Gasteiger partial charge in [0.15, 0.2) is 23.3 Å². The van der Waals surface area contributed by atoms with Crippen molar-refractivity contribution in [1.82, 2.24) is 57.3 Å². The number of hydrogen-bond acceptors (Lipinski definition) is 7. The van der Waals surface area contributed by atoms with Crippen LogP contribution in [-0.2, 0) is 0 Å². The first-order chi connectivity index (χ1) is 66.0. The van der Waals surface area contributed by atoms with Gasteiger partial charge in [-0.15, -0.1) is 11.3 Å². The molecule has 0 unspecified atom stereocenters. The van der Waals surface area contributed by atoms with Gasteiger partial charge in [0.25, 0.3) is 0 Å². The van der Waals surface area contributed by atoms with Crippen molar-refractivity contribution in [3.63, 3.8) is 0 Å². The largest absolute Gasteiger partial charge is 0.309 e. The topological polar surface area (TPSA) is 107 Å². The number of aromatic nitrogens is 12. The van der Waals surface area contributed by atoms with Crippen molar-refractivity contribution < 1.29 is 0 Å². The maximum atomic E-state index is 5.27. The van der Waals surface area contributed by atoms with Crippen LogP contribution in [0, 0.1) is 0 Å². The summed E-state index contributed by atoms with van der Waals surface area (Å²) in [7, 11) is 0. The standard InChI is InChI=1S/C45H29N5.C39H25N5.C36H22N2S/c1-4-14-30(15-5-1)31-24-26-33(27-25-31)44-46-43(32-16-6-2-7-17-32)47-45(48-44)50-40-23-13-11-21-36(40)38-29-28-37-35-20-10-12-22-39(35)49(41(37)42(38)50)34-18-8-3-9-19-34;1-4-14-26(15-5-1)37-40-38(27-16-6-2-7-17-27)42-39(41-37)44-34-23-13-11-21-30(34)32-25-24-31-29-20-10-12-22-33(29)43(35(31)36(32)44)28-18-8-3-9-19-28;1-5-13-31-25(9-1)26-10-2-6-14-32(26)37(31)23-17-19-35-29(21-23)30-22-24(18-20-36(30)39-35)38-33-15-7-3-11-27(33)28-12-4-8-16-34(28)38/h1-29H;1-25H;1-22H. The number of nitrogens with zero attached hydrogens (tertiary/aromatic N) is 12. The van der Waals surface area contributed by atoms with Gasteiger partial charge in [-0.2, -0.15) is 19.9 Å². The molecule has 133 heavy (non-hydrogen) atoms. The van der Waals surface area contributed by atoms with Crippen molar-refractivity contribution in [2.24, 2.45) is 0 Å². The van der Waals surface area contributed by atoms with Crippen LogP contribution in [0.2, 0.25) is 0 Å². The molecule has 0 fully saturated rings. The Balaban J connectivity index is 0.000000105. The van der Waals surface area contributed by atoms with Gasteiger partial charge in [0.2, 0.25) is 11.9 Å². The summed E-state index contributed by atoms with van der Waals surface area (Å²) in [5.41, 5.74) is 24.4. The SMILES string of the molecule is c1ccc(-c2ccc(-c3nc(-c4ccccc4)nc(-n4c5ccccc5c5ccc6c7ccccc7n(-c7ccccc7)c6c54)n3)cc2)cc1.c1ccc(-c2nc(-c3ccccc3)nc(-n3c4ccccc4c4ccc5c6ccccc6n(-c6ccccc6)c5c43)n2)cc1.c1ccc2c(c1)c1ccccc1n2-c1ccc2sc3ccc(-n4c5ccccc5c5ccccc54)cc3c2c1. The van der Waals surface area contributed by atoms with Gasteiger partial charge in [-0.25, -0.2) is 9.97 Å². The molecule has 9 heterocycles. The predicted molar refractivity (Wildman–Crippen MR) is 552 cm³/mol. The van der Waals surface area contributed by atoms with Crippen molar-refractivity contribution in [2.75, 3.05) is 0 Å². The van der Waals surface area contributed by atoms with Crippen LogP contribution in [0.4, 0.5) is 0 Å². The lowest BCUT2D eigenvalue weighted by Gasteiger charge is -2.13. The second kappa shape index (κ2) is 31.6. The highest BCUT2D eigenvalue weighted by Gasteiger charge is 2.28. The van der Waals surface area contributed by atoms with Crippen LogP contribution in [0.15, 0.2) is 461 Å². The van der Waals surface area contributed by atoms with E-state index in [1.807, 2.05) is 96.3 Å². The van der Waals surface area contributed by atoms with E-state index in [0.29, 0.717) is 35.2 Å². The Morgan fingerprint density at radius 2 is 0.361 bits per heavy atom. The summed E-state index contributed by atoms with van der Waals surface area (Å²) in [6.45, 7) is 0. The summed E-state index contributed by atoms with van der Waals surface area (Å²) >= 11 is 1.87. The predicted octanol–water partition coefficient (Wildman–Crippen LogP) is 30.7. The van der Waals surface area contributed by atoms with E-state index < -0.39 is 0 Å². The first kappa shape index (κ1) is 76.5. The smallest absolute Gasteiger partial charge is 0.238 e. The van der Waals surface area contributed by atoms with Gasteiger partial charge in [0.05, 0.1) is 66.2 Å². The van der Waals surface area contributed by atoms with Crippen molar-refractivity contribution >= 4 is 162 Å². The number of para-hydroxylation sites is 10. The molecule has 0 aliphatic carbocycles. The average molecular weight is 1720 g/mol. The lowest BCUT2D eigenvalue weighted by molar-refractivity contribution is 0.953. The van der Waals surface area contributed by atoms with Gasteiger partial charge >= 0.3 is 0 Å². The summed E-state index contributed by atoms with van der Waals surface area (Å²) in [6, 6.07) is 163. The second-order valence-corrected chi connectivity index (χ2v) is 34.7. The fourth-order valence-electron chi connectivity index (χ4n) is 20.2. The number of fused-ring (bicyclic) bond motifs is 23. The molecule has 0 amide bonds. The fourth-order valence-corrected chi connectivity index (χ4v) is 21.3. The minimum absolute atomic E-state index is 0.574. The van der Waals surface area contributed by atoms with E-state index >= 15 is 0 Å². The molecule has 0 atom stereocenters. The minimum Gasteiger partial charge on any atom is -0.309 e. The molecule has 19 aromatic carbocycles. The zero-order chi connectivity index (χ0) is 87.6. The maximum Gasteiger partial charge on any atom is 0.238 e. The van der Waals surface area contributed by atoms with Gasteiger partial charge < -0.3 is 18.3 Å². The first-order valence-electron chi connectivity index (χ1n) is 44.8.